The highest BCUT2D eigenvalue weighted by Crippen LogP contribution is 2.34. The number of rotatable bonds is 4. The number of anilines is 1. The van der Waals surface area contributed by atoms with Crippen molar-refractivity contribution in [2.24, 2.45) is 5.84 Å². The van der Waals surface area contributed by atoms with Crippen molar-refractivity contribution in [1.29, 1.82) is 0 Å². The molecule has 1 aromatic heterocycles. The van der Waals surface area contributed by atoms with E-state index in [9.17, 15) is 4.79 Å². The summed E-state index contributed by atoms with van der Waals surface area (Å²) in [6.45, 7) is 0.612. The summed E-state index contributed by atoms with van der Waals surface area (Å²) in [6, 6.07) is 11.4. The molecule has 1 aliphatic carbocycles. The van der Waals surface area contributed by atoms with Crippen LogP contribution in [0.2, 0.25) is 5.15 Å². The Hall–Kier alpha value is -2.11. The van der Waals surface area contributed by atoms with E-state index in [4.69, 9.17) is 17.4 Å². The second kappa shape index (κ2) is 5.71. The van der Waals surface area contributed by atoms with Gasteiger partial charge in [-0.25, -0.2) is 10.8 Å². The van der Waals surface area contributed by atoms with Crippen molar-refractivity contribution in [1.82, 2.24) is 10.3 Å². The van der Waals surface area contributed by atoms with Gasteiger partial charge in [0.25, 0.3) is 5.91 Å². The van der Waals surface area contributed by atoms with Gasteiger partial charge in [-0.05, 0) is 29.7 Å². The topological polar surface area (TPSA) is 80.0 Å². The van der Waals surface area contributed by atoms with Crippen LogP contribution in [0.25, 0.3) is 0 Å². The second-order valence-electron chi connectivity index (χ2n) is 5.02. The number of hydrogen-bond donors (Lipinski definition) is 3. The van der Waals surface area contributed by atoms with Crippen molar-refractivity contribution in [3.63, 3.8) is 0 Å². The lowest BCUT2D eigenvalue weighted by molar-refractivity contribution is 0.0950. The quantitative estimate of drug-likeness (QED) is 0.459. The van der Waals surface area contributed by atoms with E-state index in [1.54, 1.807) is 6.07 Å². The third-order valence-electron chi connectivity index (χ3n) is 3.67. The predicted octanol–water partition coefficient (Wildman–Crippen LogP) is 2.09. The first-order chi connectivity index (χ1) is 10.2. The standard InChI is InChI=1S/C15H15ClN4O/c16-13-6-10(7-14(19-13)20-17)15(21)18-8-11-5-9-3-1-2-4-12(9)11/h1-4,6-7,11H,5,8,17H2,(H,18,21)(H,19,20). The van der Waals surface area contributed by atoms with Gasteiger partial charge in [0.1, 0.15) is 11.0 Å². The van der Waals surface area contributed by atoms with Gasteiger partial charge in [-0.1, -0.05) is 35.9 Å². The number of amides is 1. The molecule has 1 aliphatic rings. The number of hydrogen-bond acceptors (Lipinski definition) is 4. The molecule has 21 heavy (non-hydrogen) atoms. The Balaban J connectivity index is 1.64. The molecule has 5 nitrogen and oxygen atoms in total. The zero-order valence-corrected chi connectivity index (χ0v) is 12.0. The summed E-state index contributed by atoms with van der Waals surface area (Å²) in [6.07, 6.45) is 1.00. The van der Waals surface area contributed by atoms with Gasteiger partial charge in [-0.15, -0.1) is 0 Å². The number of carbonyl (C=O) groups excluding carboxylic acids is 1. The minimum atomic E-state index is -0.180. The first-order valence-corrected chi connectivity index (χ1v) is 7.05. The maximum absolute atomic E-state index is 12.2. The molecule has 3 rings (SSSR count). The van der Waals surface area contributed by atoms with Crippen LogP contribution < -0.4 is 16.6 Å². The zero-order valence-electron chi connectivity index (χ0n) is 11.3. The van der Waals surface area contributed by atoms with Crippen molar-refractivity contribution >= 4 is 23.3 Å². The van der Waals surface area contributed by atoms with Crippen LogP contribution >= 0.6 is 11.6 Å². The fraction of sp³-hybridized carbons (Fsp3) is 0.200. The fourth-order valence-electron chi connectivity index (χ4n) is 2.56. The molecule has 1 heterocycles. The van der Waals surface area contributed by atoms with Gasteiger partial charge < -0.3 is 10.7 Å². The molecule has 0 fully saturated rings. The van der Waals surface area contributed by atoms with Crippen LogP contribution in [-0.4, -0.2) is 17.4 Å². The van der Waals surface area contributed by atoms with Gasteiger partial charge in [0.05, 0.1) is 0 Å². The van der Waals surface area contributed by atoms with Gasteiger partial charge in [-0.2, -0.15) is 0 Å². The molecule has 0 aliphatic heterocycles. The van der Waals surface area contributed by atoms with Crippen LogP contribution in [0.4, 0.5) is 5.82 Å². The van der Waals surface area contributed by atoms with E-state index >= 15 is 0 Å². The molecular weight excluding hydrogens is 288 g/mol. The number of nitrogens with zero attached hydrogens (tertiary/aromatic N) is 1. The average molecular weight is 303 g/mol. The first-order valence-electron chi connectivity index (χ1n) is 6.67. The minimum Gasteiger partial charge on any atom is -0.351 e. The monoisotopic (exact) mass is 302 g/mol. The summed E-state index contributed by atoms with van der Waals surface area (Å²) in [5, 5.41) is 3.15. The van der Waals surface area contributed by atoms with Gasteiger partial charge in [-0.3, -0.25) is 4.79 Å². The molecule has 1 aromatic carbocycles. The van der Waals surface area contributed by atoms with Crippen LogP contribution in [0, 0.1) is 0 Å². The molecule has 0 spiro atoms. The highest BCUT2D eigenvalue weighted by molar-refractivity contribution is 6.29. The number of hydrazine groups is 1. The number of nitrogens with two attached hydrogens (primary N) is 1. The number of fused-ring (bicyclic) bond motifs is 1. The number of carbonyl (C=O) groups is 1. The summed E-state index contributed by atoms with van der Waals surface area (Å²) in [5.74, 6) is 5.86. The van der Waals surface area contributed by atoms with Crippen LogP contribution in [0.1, 0.15) is 27.4 Å². The number of benzene rings is 1. The SMILES string of the molecule is NNc1cc(C(=O)NCC2Cc3ccccc32)cc(Cl)n1. The predicted molar refractivity (Wildman–Crippen MR) is 82.3 cm³/mol. The summed E-state index contributed by atoms with van der Waals surface area (Å²) in [5.41, 5.74) is 5.50. The van der Waals surface area contributed by atoms with Gasteiger partial charge >= 0.3 is 0 Å². The molecule has 1 unspecified atom stereocenters. The molecule has 0 saturated heterocycles. The van der Waals surface area contributed by atoms with E-state index in [0.717, 1.165) is 6.42 Å². The minimum absolute atomic E-state index is 0.180. The Morgan fingerprint density at radius 3 is 2.95 bits per heavy atom. The summed E-state index contributed by atoms with van der Waals surface area (Å²) >= 11 is 5.85. The molecule has 0 bridgehead atoms. The van der Waals surface area contributed by atoms with Crippen molar-refractivity contribution in [3.05, 3.63) is 58.2 Å². The lowest BCUT2D eigenvalue weighted by atomic mass is 9.77. The Bertz CT molecular complexity index is 689. The van der Waals surface area contributed by atoms with E-state index in [2.05, 4.69) is 27.9 Å². The lowest BCUT2D eigenvalue weighted by Crippen LogP contribution is -2.33. The molecule has 6 heteroatoms. The molecular formula is C15H15ClN4O. The van der Waals surface area contributed by atoms with Crippen molar-refractivity contribution in [3.8, 4) is 0 Å². The van der Waals surface area contributed by atoms with Crippen LogP contribution in [0.15, 0.2) is 36.4 Å². The van der Waals surface area contributed by atoms with Gasteiger partial charge in [0.2, 0.25) is 0 Å². The molecule has 0 saturated carbocycles. The normalized spacial score (nSPS) is 15.8. The highest BCUT2D eigenvalue weighted by atomic mass is 35.5. The molecule has 4 N–H and O–H groups in total. The average Bonchev–Trinajstić information content (AvgIpc) is 2.47. The van der Waals surface area contributed by atoms with Crippen LogP contribution in [-0.2, 0) is 6.42 Å². The Morgan fingerprint density at radius 2 is 2.19 bits per heavy atom. The molecule has 1 amide bonds. The summed E-state index contributed by atoms with van der Waals surface area (Å²) < 4.78 is 0. The van der Waals surface area contributed by atoms with Crippen molar-refractivity contribution < 1.29 is 4.79 Å². The number of pyridine rings is 1. The second-order valence-corrected chi connectivity index (χ2v) is 5.41. The van der Waals surface area contributed by atoms with Crippen LogP contribution in [0.5, 0.6) is 0 Å². The molecule has 0 radical (unpaired) electrons. The first kappa shape index (κ1) is 13.9. The van der Waals surface area contributed by atoms with E-state index in [-0.39, 0.29) is 11.1 Å². The number of halogens is 1. The van der Waals surface area contributed by atoms with Gasteiger partial charge in [0, 0.05) is 18.0 Å². The van der Waals surface area contributed by atoms with Gasteiger partial charge in [0.15, 0.2) is 0 Å². The van der Waals surface area contributed by atoms with Crippen LogP contribution in [0.3, 0.4) is 0 Å². The fourth-order valence-corrected chi connectivity index (χ4v) is 2.77. The third kappa shape index (κ3) is 2.84. The van der Waals surface area contributed by atoms with E-state index in [1.165, 1.54) is 17.2 Å². The van der Waals surface area contributed by atoms with E-state index in [1.807, 2.05) is 12.1 Å². The molecule has 2 aromatic rings. The smallest absolute Gasteiger partial charge is 0.251 e. The largest absolute Gasteiger partial charge is 0.351 e. The number of nitrogens with one attached hydrogen (secondary N) is 2. The maximum atomic E-state index is 12.2. The van der Waals surface area contributed by atoms with Crippen molar-refractivity contribution in [2.45, 2.75) is 12.3 Å². The number of nitrogen functional groups attached to an aromatic ring is 1. The zero-order chi connectivity index (χ0) is 14.8. The molecule has 108 valence electrons. The molecule has 1 atom stereocenters. The third-order valence-corrected chi connectivity index (χ3v) is 3.87. The lowest BCUT2D eigenvalue weighted by Gasteiger charge is -2.30. The maximum Gasteiger partial charge on any atom is 0.251 e. The van der Waals surface area contributed by atoms with E-state index in [0.29, 0.717) is 23.8 Å². The highest BCUT2D eigenvalue weighted by Gasteiger charge is 2.25. The van der Waals surface area contributed by atoms with E-state index < -0.39 is 0 Å². The van der Waals surface area contributed by atoms with Crippen molar-refractivity contribution in [2.75, 3.05) is 12.0 Å². The Morgan fingerprint density at radius 1 is 1.38 bits per heavy atom. The summed E-state index contributed by atoms with van der Waals surface area (Å²) in [4.78, 5) is 16.1. The Labute approximate surface area is 127 Å². The summed E-state index contributed by atoms with van der Waals surface area (Å²) in [7, 11) is 0. The Kier molecular flexibility index (Phi) is 3.77. The number of aromatic nitrogens is 1.